The molecule has 3 rings (SSSR count). The van der Waals surface area contributed by atoms with Crippen molar-refractivity contribution in [2.24, 2.45) is 0 Å². The van der Waals surface area contributed by atoms with Crippen molar-refractivity contribution in [2.75, 3.05) is 0 Å². The monoisotopic (exact) mass is 244 g/mol. The highest BCUT2D eigenvalue weighted by atomic mass is 16.5. The second kappa shape index (κ2) is 4.44. The Balaban J connectivity index is 1.94. The fourth-order valence-electron chi connectivity index (χ4n) is 2.52. The smallest absolute Gasteiger partial charge is 0.261 e. The zero-order valence-corrected chi connectivity index (χ0v) is 10.4. The third-order valence-corrected chi connectivity index (χ3v) is 3.54. The maximum atomic E-state index is 9.84. The van der Waals surface area contributed by atoms with Crippen LogP contribution in [0.25, 0.3) is 11.5 Å². The summed E-state index contributed by atoms with van der Waals surface area (Å²) in [4.78, 5) is 4.43. The molecule has 0 aliphatic heterocycles. The molecule has 0 radical (unpaired) electrons. The van der Waals surface area contributed by atoms with Gasteiger partial charge in [0.2, 0.25) is 0 Å². The van der Waals surface area contributed by atoms with Crippen LogP contribution in [0, 0.1) is 6.92 Å². The summed E-state index contributed by atoms with van der Waals surface area (Å²) in [5.41, 5.74) is 1.68. The van der Waals surface area contributed by atoms with Gasteiger partial charge in [-0.15, -0.1) is 0 Å². The average molecular weight is 244 g/mol. The SMILES string of the molecule is Cc1ccc(O)c(-c2nc(C3CCCC3)no2)c1. The number of hydrogen-bond acceptors (Lipinski definition) is 4. The highest BCUT2D eigenvalue weighted by Gasteiger charge is 2.23. The third kappa shape index (κ3) is 1.98. The van der Waals surface area contributed by atoms with Gasteiger partial charge in [0.25, 0.3) is 5.89 Å². The van der Waals surface area contributed by atoms with Crippen LogP contribution < -0.4 is 0 Å². The van der Waals surface area contributed by atoms with Gasteiger partial charge >= 0.3 is 0 Å². The van der Waals surface area contributed by atoms with Crippen LogP contribution in [0.2, 0.25) is 0 Å². The van der Waals surface area contributed by atoms with E-state index in [2.05, 4.69) is 10.1 Å². The average Bonchev–Trinajstić information content (AvgIpc) is 3.00. The lowest BCUT2D eigenvalue weighted by molar-refractivity contribution is 0.411. The Labute approximate surface area is 106 Å². The summed E-state index contributed by atoms with van der Waals surface area (Å²) in [7, 11) is 0. The molecule has 0 bridgehead atoms. The molecular weight excluding hydrogens is 228 g/mol. The van der Waals surface area contributed by atoms with Gasteiger partial charge in [-0.1, -0.05) is 29.6 Å². The van der Waals surface area contributed by atoms with Crippen LogP contribution in [-0.2, 0) is 0 Å². The highest BCUT2D eigenvalue weighted by Crippen LogP contribution is 2.34. The molecule has 94 valence electrons. The number of aryl methyl sites for hydroxylation is 1. The highest BCUT2D eigenvalue weighted by molar-refractivity contribution is 5.63. The fraction of sp³-hybridized carbons (Fsp3) is 0.429. The molecule has 0 amide bonds. The molecular formula is C14H16N2O2. The van der Waals surface area contributed by atoms with Crippen molar-refractivity contribution in [3.63, 3.8) is 0 Å². The van der Waals surface area contributed by atoms with Crippen LogP contribution in [-0.4, -0.2) is 15.2 Å². The second-order valence-corrected chi connectivity index (χ2v) is 4.96. The standard InChI is InChI=1S/C14H16N2O2/c1-9-6-7-12(17)11(8-9)14-15-13(16-18-14)10-4-2-3-5-10/h6-8,10,17H,2-5H2,1H3. The second-order valence-electron chi connectivity index (χ2n) is 4.96. The van der Waals surface area contributed by atoms with E-state index in [-0.39, 0.29) is 5.75 Å². The molecule has 2 aromatic rings. The van der Waals surface area contributed by atoms with Crippen LogP contribution in [0.1, 0.15) is 43.0 Å². The first-order chi connectivity index (χ1) is 8.74. The lowest BCUT2D eigenvalue weighted by Gasteiger charge is -2.01. The van der Waals surface area contributed by atoms with Gasteiger partial charge < -0.3 is 9.63 Å². The maximum Gasteiger partial charge on any atom is 0.261 e. The van der Waals surface area contributed by atoms with Crippen molar-refractivity contribution in [3.8, 4) is 17.2 Å². The van der Waals surface area contributed by atoms with Gasteiger partial charge in [-0.2, -0.15) is 4.98 Å². The van der Waals surface area contributed by atoms with Crippen molar-refractivity contribution in [1.29, 1.82) is 0 Å². The third-order valence-electron chi connectivity index (χ3n) is 3.54. The summed E-state index contributed by atoms with van der Waals surface area (Å²) < 4.78 is 5.28. The van der Waals surface area contributed by atoms with Gasteiger partial charge in [0, 0.05) is 5.92 Å². The van der Waals surface area contributed by atoms with E-state index in [1.807, 2.05) is 19.1 Å². The Morgan fingerprint density at radius 2 is 2.06 bits per heavy atom. The van der Waals surface area contributed by atoms with Crippen LogP contribution in [0.5, 0.6) is 5.75 Å². The number of aromatic hydroxyl groups is 1. The van der Waals surface area contributed by atoms with E-state index >= 15 is 0 Å². The minimum atomic E-state index is 0.183. The Hall–Kier alpha value is -1.84. The molecule has 4 nitrogen and oxygen atoms in total. The van der Waals surface area contributed by atoms with Crippen LogP contribution >= 0.6 is 0 Å². The van der Waals surface area contributed by atoms with Gasteiger partial charge in [-0.25, -0.2) is 0 Å². The Morgan fingerprint density at radius 3 is 2.83 bits per heavy atom. The molecule has 0 spiro atoms. The number of hydrogen-bond donors (Lipinski definition) is 1. The summed E-state index contributed by atoms with van der Waals surface area (Å²) >= 11 is 0. The largest absolute Gasteiger partial charge is 0.507 e. The van der Waals surface area contributed by atoms with Crippen LogP contribution in [0.4, 0.5) is 0 Å². The van der Waals surface area contributed by atoms with E-state index in [0.29, 0.717) is 17.4 Å². The predicted molar refractivity (Wildman–Crippen MR) is 67.3 cm³/mol. The summed E-state index contributed by atoms with van der Waals surface area (Å²) in [6.45, 7) is 1.97. The Kier molecular flexibility index (Phi) is 2.78. The predicted octanol–water partition coefficient (Wildman–Crippen LogP) is 3.41. The molecule has 1 aromatic heterocycles. The van der Waals surface area contributed by atoms with E-state index in [1.54, 1.807) is 6.07 Å². The van der Waals surface area contributed by atoms with Gasteiger partial charge in [-0.3, -0.25) is 0 Å². The zero-order valence-electron chi connectivity index (χ0n) is 10.4. The van der Waals surface area contributed by atoms with Crippen LogP contribution in [0.3, 0.4) is 0 Å². The van der Waals surface area contributed by atoms with Gasteiger partial charge in [-0.05, 0) is 31.9 Å². The zero-order chi connectivity index (χ0) is 12.5. The Morgan fingerprint density at radius 1 is 1.28 bits per heavy atom. The molecule has 1 N–H and O–H groups in total. The van der Waals surface area contributed by atoms with Crippen molar-refractivity contribution >= 4 is 0 Å². The number of phenols is 1. The fourth-order valence-corrected chi connectivity index (χ4v) is 2.52. The quantitative estimate of drug-likeness (QED) is 0.879. The summed E-state index contributed by atoms with van der Waals surface area (Å²) in [5, 5.41) is 13.9. The molecule has 1 aliphatic carbocycles. The van der Waals surface area contributed by atoms with Crippen molar-refractivity contribution in [1.82, 2.24) is 10.1 Å². The number of aromatic nitrogens is 2. The lowest BCUT2D eigenvalue weighted by Crippen LogP contribution is -1.94. The molecule has 0 saturated heterocycles. The number of nitrogens with zero attached hydrogens (tertiary/aromatic N) is 2. The Bertz CT molecular complexity index is 557. The first-order valence-electron chi connectivity index (χ1n) is 6.37. The molecule has 1 fully saturated rings. The first kappa shape index (κ1) is 11.3. The van der Waals surface area contributed by atoms with E-state index < -0.39 is 0 Å². The number of phenolic OH excluding ortho intramolecular Hbond substituents is 1. The maximum absolute atomic E-state index is 9.84. The first-order valence-corrected chi connectivity index (χ1v) is 6.37. The van der Waals surface area contributed by atoms with E-state index in [0.717, 1.165) is 24.2 Å². The van der Waals surface area contributed by atoms with Gasteiger partial charge in [0.15, 0.2) is 5.82 Å². The molecule has 4 heteroatoms. The van der Waals surface area contributed by atoms with Gasteiger partial charge in [0.1, 0.15) is 5.75 Å². The molecule has 1 aliphatic rings. The van der Waals surface area contributed by atoms with Crippen molar-refractivity contribution < 1.29 is 9.63 Å². The minimum absolute atomic E-state index is 0.183. The molecule has 0 atom stereocenters. The van der Waals surface area contributed by atoms with Crippen LogP contribution in [0.15, 0.2) is 22.7 Å². The summed E-state index contributed by atoms with van der Waals surface area (Å²) in [6.07, 6.45) is 4.76. The van der Waals surface area contributed by atoms with Crippen molar-refractivity contribution in [3.05, 3.63) is 29.6 Å². The summed E-state index contributed by atoms with van der Waals surface area (Å²) in [6, 6.07) is 5.37. The van der Waals surface area contributed by atoms with E-state index in [9.17, 15) is 5.11 Å². The van der Waals surface area contributed by atoms with Gasteiger partial charge in [0.05, 0.1) is 5.56 Å². The topological polar surface area (TPSA) is 59.2 Å². The molecule has 1 aromatic carbocycles. The molecule has 0 unspecified atom stereocenters. The molecule has 18 heavy (non-hydrogen) atoms. The molecule has 1 heterocycles. The number of rotatable bonds is 2. The lowest BCUT2D eigenvalue weighted by atomic mass is 10.1. The van der Waals surface area contributed by atoms with E-state index in [4.69, 9.17) is 4.52 Å². The van der Waals surface area contributed by atoms with E-state index in [1.165, 1.54) is 12.8 Å². The minimum Gasteiger partial charge on any atom is -0.507 e. The van der Waals surface area contributed by atoms with Crippen molar-refractivity contribution in [2.45, 2.75) is 38.5 Å². The normalized spacial score (nSPS) is 16.3. The molecule has 1 saturated carbocycles. The number of benzene rings is 1. The summed E-state index contributed by atoms with van der Waals surface area (Å²) in [5.74, 6) is 1.80.